The number of nitrogens with two attached hydrogens (primary N) is 1. The van der Waals surface area contributed by atoms with Crippen LogP contribution in [0.1, 0.15) is 33.6 Å². The Hall–Kier alpha value is -2.98. The lowest BCUT2D eigenvalue weighted by Crippen LogP contribution is -2.27. The Morgan fingerprint density at radius 1 is 1.12 bits per heavy atom. The van der Waals surface area contributed by atoms with Crippen molar-refractivity contribution in [1.29, 1.82) is 0 Å². The lowest BCUT2D eigenvalue weighted by Gasteiger charge is -2.13. The van der Waals surface area contributed by atoms with Gasteiger partial charge >= 0.3 is 0 Å². The highest BCUT2D eigenvalue weighted by Crippen LogP contribution is 2.25. The second kappa shape index (κ2) is 5.51. The molecule has 2 amide bonds. The molecule has 0 atom stereocenters. The van der Waals surface area contributed by atoms with E-state index in [0.717, 1.165) is 23.5 Å². The zero-order chi connectivity index (χ0) is 18.6. The first-order chi connectivity index (χ1) is 12.3. The molecule has 0 unspecified atom stereocenters. The van der Waals surface area contributed by atoms with Gasteiger partial charge in [-0.3, -0.25) is 24.3 Å². The fourth-order valence-electron chi connectivity index (χ4n) is 2.82. The molecule has 0 saturated heterocycles. The van der Waals surface area contributed by atoms with Gasteiger partial charge in [-0.25, -0.2) is 13.1 Å². The number of hydrogen-bond donors (Lipinski definition) is 3. The average molecular weight is 374 g/mol. The summed E-state index contributed by atoms with van der Waals surface area (Å²) >= 11 is 0. The summed E-state index contributed by atoms with van der Waals surface area (Å²) in [5.41, 5.74) is 5.31. The van der Waals surface area contributed by atoms with E-state index in [2.05, 4.69) is 10.0 Å². The summed E-state index contributed by atoms with van der Waals surface area (Å²) < 4.78 is 28.3. The summed E-state index contributed by atoms with van der Waals surface area (Å²) in [5.74, 6) is -1.61. The number of pyridine rings is 1. The van der Waals surface area contributed by atoms with Crippen molar-refractivity contribution >= 4 is 27.7 Å². The number of imide groups is 1. The quantitative estimate of drug-likeness (QED) is 0.630. The number of benzene rings is 1. The van der Waals surface area contributed by atoms with E-state index in [4.69, 9.17) is 5.73 Å². The fourth-order valence-corrected chi connectivity index (χ4v) is 4.17. The van der Waals surface area contributed by atoms with Gasteiger partial charge in [-0.1, -0.05) is 6.07 Å². The predicted molar refractivity (Wildman–Crippen MR) is 91.6 cm³/mol. The lowest BCUT2D eigenvalue weighted by atomic mass is 10.1. The largest absolute Gasteiger partial charge is 0.384 e. The second-order valence-electron chi connectivity index (χ2n) is 6.17. The summed E-state index contributed by atoms with van der Waals surface area (Å²) in [4.78, 5) is 36.0. The van der Waals surface area contributed by atoms with Crippen LogP contribution in [-0.2, 0) is 10.0 Å². The highest BCUT2D eigenvalue weighted by Gasteiger charge is 2.32. The van der Waals surface area contributed by atoms with Crippen molar-refractivity contribution in [1.82, 2.24) is 14.6 Å². The summed E-state index contributed by atoms with van der Waals surface area (Å²) in [6.45, 7) is 0. The van der Waals surface area contributed by atoms with Crippen molar-refractivity contribution in [3.05, 3.63) is 51.8 Å². The number of nitrogen functional groups attached to an aromatic ring is 1. The molecule has 134 valence electrons. The number of hydrogen-bond acceptors (Lipinski definition) is 6. The molecule has 1 aliphatic carbocycles. The molecule has 0 spiro atoms. The van der Waals surface area contributed by atoms with E-state index in [1.165, 1.54) is 24.3 Å². The van der Waals surface area contributed by atoms with E-state index in [1.54, 1.807) is 0 Å². The van der Waals surface area contributed by atoms with Crippen LogP contribution in [0.25, 0.3) is 5.69 Å². The molecule has 1 aliphatic heterocycles. The Morgan fingerprint density at radius 3 is 2.54 bits per heavy atom. The number of carbonyl (C=O) groups excluding carboxylic acids is 2. The van der Waals surface area contributed by atoms with Gasteiger partial charge in [-0.15, -0.1) is 0 Å². The van der Waals surface area contributed by atoms with E-state index >= 15 is 0 Å². The number of nitrogens with one attached hydrogen (secondary N) is 2. The zero-order valence-electron chi connectivity index (χ0n) is 13.4. The van der Waals surface area contributed by atoms with E-state index < -0.39 is 27.4 Å². The molecule has 0 bridgehead atoms. The standard InChI is InChI=1S/C16H14N4O5S/c17-14-13-11(15(22)18-16(13)23)7-12(21)20(14)9-2-1-3-10(6-9)26(24,25)19-8-4-5-8/h1-3,6-8,19H,4-5,17H2,(H,18,22,23). The van der Waals surface area contributed by atoms with E-state index in [1.807, 2.05) is 0 Å². The normalized spacial score (nSPS) is 16.5. The maximum Gasteiger partial charge on any atom is 0.262 e. The molecule has 2 aliphatic rings. The molecule has 1 aromatic heterocycles. The van der Waals surface area contributed by atoms with Crippen molar-refractivity contribution in [2.24, 2.45) is 0 Å². The molecule has 1 fully saturated rings. The summed E-state index contributed by atoms with van der Waals surface area (Å²) in [6, 6.07) is 6.61. The monoisotopic (exact) mass is 374 g/mol. The Morgan fingerprint density at radius 2 is 1.85 bits per heavy atom. The number of sulfonamides is 1. The van der Waals surface area contributed by atoms with Crippen LogP contribution in [-0.4, -0.2) is 30.8 Å². The van der Waals surface area contributed by atoms with Gasteiger partial charge in [0.25, 0.3) is 17.4 Å². The maximum atomic E-state index is 12.4. The van der Waals surface area contributed by atoms with Gasteiger partial charge in [-0.2, -0.15) is 0 Å². The average Bonchev–Trinajstić information content (AvgIpc) is 3.32. The first kappa shape index (κ1) is 16.5. The van der Waals surface area contributed by atoms with Crippen LogP contribution in [0.2, 0.25) is 0 Å². The maximum absolute atomic E-state index is 12.4. The van der Waals surface area contributed by atoms with Crippen molar-refractivity contribution in [3.63, 3.8) is 0 Å². The van der Waals surface area contributed by atoms with E-state index in [9.17, 15) is 22.8 Å². The summed E-state index contributed by atoms with van der Waals surface area (Å²) in [5, 5.41) is 2.08. The van der Waals surface area contributed by atoms with Gasteiger partial charge < -0.3 is 5.73 Å². The molecule has 2 aromatic rings. The van der Waals surface area contributed by atoms with Crippen LogP contribution in [0.15, 0.2) is 40.0 Å². The highest BCUT2D eigenvalue weighted by atomic mass is 32.2. The Kier molecular flexibility index (Phi) is 3.49. The van der Waals surface area contributed by atoms with E-state index in [-0.39, 0.29) is 33.6 Å². The smallest absolute Gasteiger partial charge is 0.262 e. The van der Waals surface area contributed by atoms with Gasteiger partial charge in [0.1, 0.15) is 5.82 Å². The number of nitrogens with zero attached hydrogens (tertiary/aromatic N) is 1. The minimum Gasteiger partial charge on any atom is -0.384 e. The molecule has 4 N–H and O–H groups in total. The Labute approximate surface area is 147 Å². The third-order valence-electron chi connectivity index (χ3n) is 4.24. The van der Waals surface area contributed by atoms with E-state index in [0.29, 0.717) is 0 Å². The molecule has 0 radical (unpaired) electrons. The SMILES string of the molecule is Nc1c2c(cc(=O)n1-c1cccc(S(=O)(=O)NC3CC3)c1)C(=O)NC2=O. The first-order valence-electron chi connectivity index (χ1n) is 7.82. The minimum absolute atomic E-state index is 0.0192. The third-order valence-corrected chi connectivity index (χ3v) is 5.76. The van der Waals surface area contributed by atoms with Crippen molar-refractivity contribution in [3.8, 4) is 5.69 Å². The summed E-state index contributed by atoms with van der Waals surface area (Å²) in [6.07, 6.45) is 1.58. The Balaban J connectivity index is 1.86. The minimum atomic E-state index is -3.72. The lowest BCUT2D eigenvalue weighted by molar-refractivity contribution is 0.0880. The van der Waals surface area contributed by atoms with Crippen LogP contribution in [0.4, 0.5) is 5.82 Å². The van der Waals surface area contributed by atoms with Crippen LogP contribution in [0.3, 0.4) is 0 Å². The van der Waals surface area contributed by atoms with Gasteiger partial charge in [0.05, 0.1) is 21.7 Å². The molecule has 1 aromatic carbocycles. The zero-order valence-corrected chi connectivity index (χ0v) is 14.2. The topological polar surface area (TPSA) is 140 Å². The van der Waals surface area contributed by atoms with Crippen molar-refractivity contribution in [2.75, 3.05) is 5.73 Å². The number of aromatic nitrogens is 1. The van der Waals surface area contributed by atoms with Crippen LogP contribution in [0, 0.1) is 0 Å². The second-order valence-corrected chi connectivity index (χ2v) is 7.88. The first-order valence-corrected chi connectivity index (χ1v) is 9.30. The van der Waals surface area contributed by atoms with Gasteiger partial charge in [0, 0.05) is 12.1 Å². The van der Waals surface area contributed by atoms with Crippen LogP contribution in [0.5, 0.6) is 0 Å². The molecule has 10 heteroatoms. The number of amides is 2. The fraction of sp³-hybridized carbons (Fsp3) is 0.188. The molecular weight excluding hydrogens is 360 g/mol. The predicted octanol–water partition coefficient (Wildman–Crippen LogP) is -0.256. The van der Waals surface area contributed by atoms with Crippen molar-refractivity contribution < 1.29 is 18.0 Å². The number of anilines is 1. The molecule has 2 heterocycles. The number of rotatable bonds is 4. The van der Waals surface area contributed by atoms with Gasteiger partial charge in [-0.05, 0) is 31.0 Å². The summed E-state index contributed by atoms with van der Waals surface area (Å²) in [7, 11) is -3.72. The molecule has 9 nitrogen and oxygen atoms in total. The van der Waals surface area contributed by atoms with Gasteiger partial charge in [0.15, 0.2) is 0 Å². The molecule has 4 rings (SSSR count). The number of fused-ring (bicyclic) bond motifs is 1. The Bertz CT molecular complexity index is 1130. The molecule has 1 saturated carbocycles. The van der Waals surface area contributed by atoms with Crippen molar-refractivity contribution in [2.45, 2.75) is 23.8 Å². The van der Waals surface area contributed by atoms with Crippen LogP contribution < -0.4 is 21.3 Å². The number of carbonyl (C=O) groups is 2. The highest BCUT2D eigenvalue weighted by molar-refractivity contribution is 7.89. The molecule has 26 heavy (non-hydrogen) atoms. The third kappa shape index (κ3) is 2.59. The van der Waals surface area contributed by atoms with Crippen LogP contribution >= 0.6 is 0 Å². The van der Waals surface area contributed by atoms with Gasteiger partial charge in [0.2, 0.25) is 10.0 Å². The molecular formula is C16H14N4O5S.